The molecule has 0 aliphatic carbocycles. The van der Waals surface area contributed by atoms with Gasteiger partial charge in [0.05, 0.1) is 18.8 Å². The Hall–Kier alpha value is -0.120. The van der Waals surface area contributed by atoms with Gasteiger partial charge in [0.1, 0.15) is 0 Å². The van der Waals surface area contributed by atoms with Crippen LogP contribution in [0.5, 0.6) is 0 Å². The van der Waals surface area contributed by atoms with Crippen LogP contribution in [0.25, 0.3) is 0 Å². The number of rotatable bonds is 9. The van der Waals surface area contributed by atoms with Gasteiger partial charge in [-0.3, -0.25) is 0 Å². The largest absolute Gasteiger partial charge is 0.379 e. The highest BCUT2D eigenvalue weighted by Gasteiger charge is 2.24. The molecular formula is C14H29NO2. The second-order valence-electron chi connectivity index (χ2n) is 5.44. The molecule has 0 aromatic heterocycles. The molecule has 0 saturated carbocycles. The summed E-state index contributed by atoms with van der Waals surface area (Å²) in [4.78, 5) is 0. The van der Waals surface area contributed by atoms with E-state index in [1.54, 1.807) is 0 Å². The summed E-state index contributed by atoms with van der Waals surface area (Å²) in [5, 5.41) is 3.46. The van der Waals surface area contributed by atoms with Crippen molar-refractivity contribution in [2.24, 2.45) is 5.92 Å². The Balaban J connectivity index is 1.98. The van der Waals surface area contributed by atoms with Crippen molar-refractivity contribution in [2.75, 3.05) is 26.3 Å². The number of nitrogens with one attached hydrogen (secondary N) is 1. The molecule has 102 valence electrons. The van der Waals surface area contributed by atoms with Crippen molar-refractivity contribution in [3.63, 3.8) is 0 Å². The summed E-state index contributed by atoms with van der Waals surface area (Å²) in [5.74, 6) is 0.713. The van der Waals surface area contributed by atoms with Gasteiger partial charge in [-0.15, -0.1) is 0 Å². The SMILES string of the molecule is CCCCOCC1CCC(CNCC(C)C)O1. The first-order valence-electron chi connectivity index (χ1n) is 7.16. The molecule has 1 saturated heterocycles. The molecule has 0 radical (unpaired) electrons. The Kier molecular flexibility index (Phi) is 7.82. The van der Waals surface area contributed by atoms with Gasteiger partial charge in [-0.25, -0.2) is 0 Å². The zero-order valence-electron chi connectivity index (χ0n) is 11.7. The third-order valence-electron chi connectivity index (χ3n) is 3.07. The van der Waals surface area contributed by atoms with Crippen LogP contribution in [0.2, 0.25) is 0 Å². The summed E-state index contributed by atoms with van der Waals surface area (Å²) in [6, 6.07) is 0. The molecule has 2 unspecified atom stereocenters. The van der Waals surface area contributed by atoms with Crippen LogP contribution in [0.15, 0.2) is 0 Å². The maximum absolute atomic E-state index is 5.94. The quantitative estimate of drug-likeness (QED) is 0.631. The maximum Gasteiger partial charge on any atom is 0.0813 e. The van der Waals surface area contributed by atoms with Crippen LogP contribution in [0.1, 0.15) is 46.5 Å². The molecule has 1 rings (SSSR count). The van der Waals surface area contributed by atoms with Crippen molar-refractivity contribution in [3.05, 3.63) is 0 Å². The van der Waals surface area contributed by atoms with Crippen molar-refractivity contribution in [1.82, 2.24) is 5.32 Å². The lowest BCUT2D eigenvalue weighted by molar-refractivity contribution is -0.0148. The predicted molar refractivity (Wildman–Crippen MR) is 71.3 cm³/mol. The van der Waals surface area contributed by atoms with Crippen molar-refractivity contribution in [2.45, 2.75) is 58.7 Å². The number of hydrogen-bond acceptors (Lipinski definition) is 3. The third kappa shape index (κ3) is 7.02. The fraction of sp³-hybridized carbons (Fsp3) is 1.00. The van der Waals surface area contributed by atoms with E-state index in [-0.39, 0.29) is 0 Å². The van der Waals surface area contributed by atoms with E-state index in [1.165, 1.54) is 12.8 Å². The van der Waals surface area contributed by atoms with Gasteiger partial charge in [0.25, 0.3) is 0 Å². The Morgan fingerprint density at radius 2 is 2.06 bits per heavy atom. The van der Waals surface area contributed by atoms with E-state index in [0.29, 0.717) is 18.1 Å². The zero-order chi connectivity index (χ0) is 12.5. The molecule has 1 aliphatic rings. The number of hydrogen-bond donors (Lipinski definition) is 1. The van der Waals surface area contributed by atoms with Crippen LogP contribution >= 0.6 is 0 Å². The molecule has 0 aromatic rings. The van der Waals surface area contributed by atoms with Crippen LogP contribution in [0, 0.1) is 5.92 Å². The van der Waals surface area contributed by atoms with Crippen LogP contribution in [-0.2, 0) is 9.47 Å². The first kappa shape index (κ1) is 14.9. The van der Waals surface area contributed by atoms with Crippen LogP contribution in [-0.4, -0.2) is 38.5 Å². The fourth-order valence-corrected chi connectivity index (χ4v) is 2.05. The average molecular weight is 243 g/mol. The summed E-state index contributed by atoms with van der Waals surface area (Å²) in [5.41, 5.74) is 0. The molecule has 17 heavy (non-hydrogen) atoms. The van der Waals surface area contributed by atoms with Crippen molar-refractivity contribution < 1.29 is 9.47 Å². The van der Waals surface area contributed by atoms with Gasteiger partial charge >= 0.3 is 0 Å². The van der Waals surface area contributed by atoms with Gasteiger partial charge in [0.15, 0.2) is 0 Å². The molecule has 3 nitrogen and oxygen atoms in total. The number of ether oxygens (including phenoxy) is 2. The molecule has 1 N–H and O–H groups in total. The predicted octanol–water partition coefficient (Wildman–Crippen LogP) is 2.60. The Morgan fingerprint density at radius 1 is 1.29 bits per heavy atom. The molecule has 0 spiro atoms. The zero-order valence-corrected chi connectivity index (χ0v) is 11.7. The topological polar surface area (TPSA) is 30.5 Å². The Labute approximate surface area is 106 Å². The van der Waals surface area contributed by atoms with Crippen LogP contribution in [0.3, 0.4) is 0 Å². The molecule has 0 bridgehead atoms. The van der Waals surface area contributed by atoms with E-state index < -0.39 is 0 Å². The van der Waals surface area contributed by atoms with Gasteiger partial charge in [-0.1, -0.05) is 27.2 Å². The summed E-state index contributed by atoms with van der Waals surface area (Å²) in [6.45, 7) is 10.4. The van der Waals surface area contributed by atoms with Gasteiger partial charge in [0.2, 0.25) is 0 Å². The van der Waals surface area contributed by atoms with Crippen molar-refractivity contribution in [3.8, 4) is 0 Å². The maximum atomic E-state index is 5.94. The minimum Gasteiger partial charge on any atom is -0.379 e. The van der Waals surface area contributed by atoms with Gasteiger partial charge in [-0.05, 0) is 31.7 Å². The molecule has 0 aromatic carbocycles. The average Bonchev–Trinajstić information content (AvgIpc) is 2.72. The standard InChI is InChI=1S/C14H29NO2/c1-4-5-8-16-11-14-7-6-13(17-14)10-15-9-12(2)3/h12-15H,4-11H2,1-3H3. The molecule has 1 fully saturated rings. The van der Waals surface area contributed by atoms with E-state index in [2.05, 4.69) is 26.1 Å². The fourth-order valence-electron chi connectivity index (χ4n) is 2.05. The first-order chi connectivity index (χ1) is 8.22. The molecule has 1 heterocycles. The third-order valence-corrected chi connectivity index (χ3v) is 3.07. The van der Waals surface area contributed by atoms with E-state index in [0.717, 1.165) is 39.1 Å². The molecule has 1 aliphatic heterocycles. The Morgan fingerprint density at radius 3 is 2.76 bits per heavy atom. The lowest BCUT2D eigenvalue weighted by Crippen LogP contribution is -2.30. The molecule has 0 amide bonds. The highest BCUT2D eigenvalue weighted by Crippen LogP contribution is 2.19. The van der Waals surface area contributed by atoms with Gasteiger partial charge in [0, 0.05) is 13.2 Å². The highest BCUT2D eigenvalue weighted by molar-refractivity contribution is 4.75. The van der Waals surface area contributed by atoms with E-state index >= 15 is 0 Å². The molecule has 2 atom stereocenters. The minimum absolute atomic E-state index is 0.331. The lowest BCUT2D eigenvalue weighted by atomic mass is 10.2. The summed E-state index contributed by atoms with van der Waals surface area (Å²) < 4.78 is 11.5. The molecule has 3 heteroatoms. The molecular weight excluding hydrogens is 214 g/mol. The van der Waals surface area contributed by atoms with Crippen molar-refractivity contribution >= 4 is 0 Å². The van der Waals surface area contributed by atoms with E-state index in [4.69, 9.17) is 9.47 Å². The van der Waals surface area contributed by atoms with Crippen molar-refractivity contribution in [1.29, 1.82) is 0 Å². The second kappa shape index (κ2) is 8.90. The monoisotopic (exact) mass is 243 g/mol. The van der Waals surface area contributed by atoms with E-state index in [9.17, 15) is 0 Å². The van der Waals surface area contributed by atoms with E-state index in [1.807, 2.05) is 0 Å². The van der Waals surface area contributed by atoms with Gasteiger partial charge < -0.3 is 14.8 Å². The Bertz CT molecular complexity index is 185. The highest BCUT2D eigenvalue weighted by atomic mass is 16.5. The van der Waals surface area contributed by atoms with Crippen LogP contribution in [0.4, 0.5) is 0 Å². The summed E-state index contributed by atoms with van der Waals surface area (Å²) in [6.07, 6.45) is 5.41. The summed E-state index contributed by atoms with van der Waals surface area (Å²) in [7, 11) is 0. The van der Waals surface area contributed by atoms with Gasteiger partial charge in [-0.2, -0.15) is 0 Å². The van der Waals surface area contributed by atoms with Crippen LogP contribution < -0.4 is 5.32 Å². The normalized spacial score (nSPS) is 24.7. The number of unbranched alkanes of at least 4 members (excludes halogenated alkanes) is 1. The lowest BCUT2D eigenvalue weighted by Gasteiger charge is -2.15. The smallest absolute Gasteiger partial charge is 0.0813 e. The summed E-state index contributed by atoms with van der Waals surface area (Å²) >= 11 is 0. The minimum atomic E-state index is 0.331. The first-order valence-corrected chi connectivity index (χ1v) is 7.16. The second-order valence-corrected chi connectivity index (χ2v) is 5.44.